The van der Waals surface area contributed by atoms with Crippen molar-refractivity contribution in [1.82, 2.24) is 5.32 Å². The van der Waals surface area contributed by atoms with Crippen molar-refractivity contribution >= 4 is 11.4 Å². The number of nitrogens with two attached hydrogens (primary N) is 1. The standard InChI is InChI=1S/C10H15N3/c11-9-1-3-10(4-2-9)13-7-5-12-6-8-13/h1-4,12H,5-8,11H2/i5D2,6D2,7D2,8D2. The van der Waals surface area contributed by atoms with Crippen molar-refractivity contribution in [2.75, 3.05) is 36.6 Å². The van der Waals surface area contributed by atoms with E-state index in [1.54, 1.807) is 5.32 Å². The van der Waals surface area contributed by atoms with Gasteiger partial charge in [0.15, 0.2) is 0 Å². The van der Waals surface area contributed by atoms with Gasteiger partial charge < -0.3 is 16.0 Å². The molecule has 1 aliphatic heterocycles. The van der Waals surface area contributed by atoms with Crippen LogP contribution in [0.5, 0.6) is 0 Å². The molecule has 0 saturated carbocycles. The smallest absolute Gasteiger partial charge is 0.0506 e. The molecule has 0 aromatic heterocycles. The number of benzene rings is 1. The summed E-state index contributed by atoms with van der Waals surface area (Å²) in [5.41, 5.74) is 5.90. The molecule has 1 aromatic rings. The Hall–Kier alpha value is -1.22. The molecule has 3 N–H and O–H groups in total. The lowest BCUT2D eigenvalue weighted by atomic mass is 10.2. The van der Waals surface area contributed by atoms with E-state index < -0.39 is 26.0 Å². The van der Waals surface area contributed by atoms with E-state index in [0.29, 0.717) is 10.6 Å². The third kappa shape index (κ3) is 1.92. The van der Waals surface area contributed by atoms with Gasteiger partial charge in [-0.1, -0.05) is 0 Å². The van der Waals surface area contributed by atoms with E-state index in [4.69, 9.17) is 16.7 Å². The Bertz CT molecular complexity index is 516. The fraction of sp³-hybridized carbons (Fsp3) is 0.400. The van der Waals surface area contributed by atoms with Gasteiger partial charge in [-0.05, 0) is 24.3 Å². The maximum absolute atomic E-state index is 7.93. The summed E-state index contributed by atoms with van der Waals surface area (Å²) in [6.45, 7) is -11.2. The number of nitrogens with zero attached hydrogens (tertiary/aromatic N) is 1. The van der Waals surface area contributed by atoms with Gasteiger partial charge in [0.1, 0.15) is 0 Å². The van der Waals surface area contributed by atoms with E-state index >= 15 is 0 Å². The van der Waals surface area contributed by atoms with Crippen LogP contribution < -0.4 is 16.0 Å². The summed E-state index contributed by atoms with van der Waals surface area (Å²) >= 11 is 0. The summed E-state index contributed by atoms with van der Waals surface area (Å²) in [6, 6.07) is 5.47. The van der Waals surface area contributed by atoms with Crippen LogP contribution in [0.15, 0.2) is 24.3 Å². The predicted molar refractivity (Wildman–Crippen MR) is 55.9 cm³/mol. The van der Waals surface area contributed by atoms with E-state index in [0.717, 1.165) is 0 Å². The van der Waals surface area contributed by atoms with Crippen molar-refractivity contribution in [3.05, 3.63) is 24.3 Å². The van der Waals surface area contributed by atoms with E-state index in [9.17, 15) is 0 Å². The van der Waals surface area contributed by atoms with Gasteiger partial charge in [0, 0.05) is 42.8 Å². The van der Waals surface area contributed by atoms with E-state index in [2.05, 4.69) is 0 Å². The average molecular weight is 185 g/mol. The van der Waals surface area contributed by atoms with Crippen LogP contribution >= 0.6 is 0 Å². The lowest BCUT2D eigenvalue weighted by Crippen LogP contribution is -2.43. The highest BCUT2D eigenvalue weighted by molar-refractivity contribution is 5.53. The van der Waals surface area contributed by atoms with Gasteiger partial charge in [-0.15, -0.1) is 0 Å². The zero-order valence-electron chi connectivity index (χ0n) is 14.8. The molecule has 3 nitrogen and oxygen atoms in total. The minimum Gasteiger partial charge on any atom is -0.399 e. The molecule has 0 unspecified atom stereocenters. The maximum Gasteiger partial charge on any atom is 0.0506 e. The minimum atomic E-state index is -2.82. The maximum atomic E-state index is 7.93. The van der Waals surface area contributed by atoms with Gasteiger partial charge in [0.2, 0.25) is 0 Å². The SMILES string of the molecule is [2H]C1([2H])NC([2H])([2H])C([2H])([2H])N(c2ccc(N)cc2)C1([2H])[2H]. The summed E-state index contributed by atoms with van der Waals surface area (Å²) < 4.78 is 62.5. The second kappa shape index (κ2) is 3.66. The average Bonchev–Trinajstić information content (AvgIpc) is 2.28. The van der Waals surface area contributed by atoms with Crippen molar-refractivity contribution in [2.45, 2.75) is 0 Å². The molecule has 0 spiro atoms. The molecule has 70 valence electrons. The summed E-state index contributed by atoms with van der Waals surface area (Å²) in [5, 5.41) is 1.77. The van der Waals surface area contributed by atoms with Gasteiger partial charge in [-0.25, -0.2) is 0 Å². The lowest BCUT2D eigenvalue weighted by molar-refractivity contribution is 0.589. The Morgan fingerprint density at radius 3 is 2.46 bits per heavy atom. The molecule has 0 bridgehead atoms. The Balaban J connectivity index is 2.64. The number of anilines is 2. The van der Waals surface area contributed by atoms with E-state index in [1.165, 1.54) is 24.3 Å². The number of nitrogens with one attached hydrogen (secondary N) is 1. The third-order valence-corrected chi connectivity index (χ3v) is 1.61. The highest BCUT2D eigenvalue weighted by Crippen LogP contribution is 2.16. The molecule has 3 heteroatoms. The molecule has 1 saturated heterocycles. The van der Waals surface area contributed by atoms with E-state index in [1.807, 2.05) is 0 Å². The Kier molecular flexibility index (Phi) is 0.893. The molecule has 0 aliphatic carbocycles. The molecule has 13 heavy (non-hydrogen) atoms. The first-order chi connectivity index (χ1) is 9.33. The van der Waals surface area contributed by atoms with Crippen molar-refractivity contribution in [2.24, 2.45) is 0 Å². The molecule has 1 fully saturated rings. The largest absolute Gasteiger partial charge is 0.399 e. The minimum absolute atomic E-state index is 0.00606. The van der Waals surface area contributed by atoms with Crippen LogP contribution in [0, 0.1) is 0 Å². The number of hydrogen-bond acceptors (Lipinski definition) is 3. The Morgan fingerprint density at radius 1 is 1.23 bits per heavy atom. The van der Waals surface area contributed by atoms with Crippen LogP contribution in [0.4, 0.5) is 11.4 Å². The lowest BCUT2D eigenvalue weighted by Gasteiger charge is -2.29. The van der Waals surface area contributed by atoms with Gasteiger partial charge in [0.25, 0.3) is 0 Å². The van der Waals surface area contributed by atoms with Crippen molar-refractivity contribution in [3.63, 3.8) is 0 Å². The van der Waals surface area contributed by atoms with E-state index in [-0.39, 0.29) is 5.69 Å². The molecule has 0 radical (unpaired) electrons. The zero-order valence-corrected chi connectivity index (χ0v) is 6.83. The third-order valence-electron chi connectivity index (χ3n) is 1.61. The molecule has 0 amide bonds. The van der Waals surface area contributed by atoms with Gasteiger partial charge in [0.05, 0.1) is 5.48 Å². The van der Waals surface area contributed by atoms with Crippen LogP contribution in [0.3, 0.4) is 0 Å². The highest BCUT2D eigenvalue weighted by Gasteiger charge is 2.09. The van der Waals surface area contributed by atoms with Crippen LogP contribution in [-0.4, -0.2) is 26.0 Å². The van der Waals surface area contributed by atoms with Gasteiger partial charge >= 0.3 is 0 Å². The first kappa shape index (κ1) is 3.17. The zero-order chi connectivity index (χ0) is 16.3. The summed E-state index contributed by atoms with van der Waals surface area (Å²) in [5.74, 6) is 0. The predicted octanol–water partition coefficient (Wildman–Crippen LogP) is 0.678. The number of hydrogen-bond donors (Lipinski definition) is 2. The molecule has 2 rings (SSSR count). The van der Waals surface area contributed by atoms with Crippen LogP contribution in [0.2, 0.25) is 0 Å². The number of nitrogen functional groups attached to an aromatic ring is 1. The normalized spacial score (nSPS) is 42.0. The van der Waals surface area contributed by atoms with Gasteiger partial charge in [-0.2, -0.15) is 0 Å². The second-order valence-electron chi connectivity index (χ2n) is 2.53. The van der Waals surface area contributed by atoms with Crippen molar-refractivity contribution < 1.29 is 11.0 Å². The molecular formula is C10H15N3. The van der Waals surface area contributed by atoms with Crippen LogP contribution in [0.1, 0.15) is 11.0 Å². The van der Waals surface area contributed by atoms with Gasteiger partial charge in [-0.3, -0.25) is 0 Å². The molecule has 0 atom stereocenters. The summed E-state index contributed by atoms with van der Waals surface area (Å²) in [4.78, 5) is 0.468. The molecular weight excluding hydrogens is 162 g/mol. The van der Waals surface area contributed by atoms with Crippen molar-refractivity contribution in [1.29, 1.82) is 0 Å². The quantitative estimate of drug-likeness (QED) is 0.632. The first-order valence-electron chi connectivity index (χ1n) is 7.78. The highest BCUT2D eigenvalue weighted by atomic mass is 15.2. The Morgan fingerprint density at radius 2 is 1.85 bits per heavy atom. The fourth-order valence-corrected chi connectivity index (χ4v) is 0.979. The Labute approximate surface area is 89.8 Å². The molecule has 1 heterocycles. The molecule has 1 aromatic carbocycles. The topological polar surface area (TPSA) is 41.3 Å². The monoisotopic (exact) mass is 185 g/mol. The fourth-order valence-electron chi connectivity index (χ4n) is 0.979. The first-order valence-corrected chi connectivity index (χ1v) is 3.78. The van der Waals surface area contributed by atoms with Crippen LogP contribution in [0.25, 0.3) is 0 Å². The second-order valence-corrected chi connectivity index (χ2v) is 2.53. The number of rotatable bonds is 1. The number of piperazine rings is 1. The summed E-state index contributed by atoms with van der Waals surface area (Å²) in [7, 11) is 0. The van der Waals surface area contributed by atoms with Crippen LogP contribution in [-0.2, 0) is 0 Å². The van der Waals surface area contributed by atoms with Crippen molar-refractivity contribution in [3.8, 4) is 0 Å². The molecule has 1 aliphatic rings. The summed E-state index contributed by atoms with van der Waals surface area (Å²) in [6.07, 6.45) is 0.